The van der Waals surface area contributed by atoms with Crippen LogP contribution in [-0.4, -0.2) is 106 Å². The van der Waals surface area contributed by atoms with Crippen molar-refractivity contribution >= 4 is 29.8 Å². The minimum Gasteiger partial charge on any atom is -0.507 e. The Hall–Kier alpha value is -3.10. The second-order valence-corrected chi connectivity index (χ2v) is 11.7. The molecular weight excluding hydrogens is 598 g/mol. The molecule has 0 aromatic heterocycles. The number of nitrogens with zero attached hydrogens (tertiary/aromatic N) is 1. The number of fused-ring (bicyclic) bond motifs is 3. The fourth-order valence-electron chi connectivity index (χ4n) is 6.87. The molecule has 6 rings (SSSR count). The first-order chi connectivity index (χ1) is 20.5. The number of methoxy groups -OCH3 is 1. The van der Waals surface area contributed by atoms with Gasteiger partial charge in [-0.05, 0) is 19.9 Å². The van der Waals surface area contributed by atoms with Crippen LogP contribution in [0.15, 0.2) is 18.2 Å². The molecule has 2 aliphatic heterocycles. The Labute approximate surface area is 259 Å². The summed E-state index contributed by atoms with van der Waals surface area (Å²) in [5, 5.41) is 45.5. The molecule has 4 unspecified atom stereocenters. The maximum absolute atomic E-state index is 13.8. The first kappa shape index (κ1) is 32.3. The zero-order valence-corrected chi connectivity index (χ0v) is 25.4. The molecule has 2 aliphatic carbocycles. The summed E-state index contributed by atoms with van der Waals surface area (Å²) >= 11 is 0. The summed E-state index contributed by atoms with van der Waals surface area (Å²) in [7, 11) is 1.35. The number of rotatable bonds is 5. The van der Waals surface area contributed by atoms with Gasteiger partial charge >= 0.3 is 0 Å². The molecule has 0 radical (unpaired) electrons. The van der Waals surface area contributed by atoms with Crippen LogP contribution in [0, 0.1) is 0 Å². The third-order valence-electron chi connectivity index (χ3n) is 9.24. The van der Waals surface area contributed by atoms with Gasteiger partial charge in [0.1, 0.15) is 22.8 Å². The number of hydrogen-bond donors (Lipinski definition) is 4. The van der Waals surface area contributed by atoms with E-state index in [-0.39, 0.29) is 59.3 Å². The van der Waals surface area contributed by atoms with E-state index in [0.29, 0.717) is 26.3 Å². The highest BCUT2D eigenvalue weighted by atomic mass is 35.5. The van der Waals surface area contributed by atoms with E-state index < -0.39 is 76.6 Å². The Morgan fingerprint density at radius 1 is 1.07 bits per heavy atom. The smallest absolute Gasteiger partial charge is 0.202 e. The number of carbonyl (C=O) groups excluding carboxylic acids is 3. The molecule has 0 spiro atoms. The molecule has 2 fully saturated rings. The van der Waals surface area contributed by atoms with Gasteiger partial charge in [0.25, 0.3) is 0 Å². The summed E-state index contributed by atoms with van der Waals surface area (Å²) in [4.78, 5) is 42.2. The predicted octanol–water partition coefficient (Wildman–Crippen LogP) is 1.82. The second kappa shape index (κ2) is 12.0. The van der Waals surface area contributed by atoms with Gasteiger partial charge in [-0.1, -0.05) is 12.1 Å². The van der Waals surface area contributed by atoms with Gasteiger partial charge < -0.3 is 39.4 Å². The molecule has 2 aromatic rings. The van der Waals surface area contributed by atoms with Crippen LogP contribution in [0.2, 0.25) is 0 Å². The molecule has 44 heavy (non-hydrogen) atoms. The number of aliphatic hydroxyl groups excluding tert-OH is 1. The zero-order valence-electron chi connectivity index (χ0n) is 24.6. The Morgan fingerprint density at radius 2 is 1.75 bits per heavy atom. The van der Waals surface area contributed by atoms with Crippen LogP contribution in [0.25, 0.3) is 0 Å². The Balaban J connectivity index is 0.00000384. The number of ether oxygens (including phenoxy) is 4. The molecule has 2 saturated heterocycles. The van der Waals surface area contributed by atoms with Gasteiger partial charge in [0.15, 0.2) is 17.9 Å². The number of ketones is 3. The van der Waals surface area contributed by atoms with Crippen molar-refractivity contribution in [1.29, 1.82) is 0 Å². The topological polar surface area (TPSA) is 172 Å². The standard InChI is InChI=1S/C31H35NO11.ClH/c1-14-26(34)18(32-7-9-41-10-8-32)11-21(42-14)43-20-13-31(39,15(2)33)12-17-23(20)30(38)25-24(28(17)36)27(35)16-5-4-6-19(40-3)22(16)29(25)37;/h4-6,14,18,20-21,26,34,36,38-39H,7-13H2,1-3H3;1H/t14?,18?,20-,21?,26?,31-;/m0./s1. The average molecular weight is 634 g/mol. The van der Waals surface area contributed by atoms with Crippen molar-refractivity contribution < 1.29 is 53.8 Å². The lowest BCUT2D eigenvalue weighted by Gasteiger charge is -2.46. The highest BCUT2D eigenvalue weighted by Crippen LogP contribution is 2.52. The fraction of sp³-hybridized carbons (Fsp3) is 0.516. The monoisotopic (exact) mass is 633 g/mol. The van der Waals surface area contributed by atoms with E-state index in [1.807, 2.05) is 0 Å². The number of carbonyl (C=O) groups is 3. The van der Waals surface area contributed by atoms with Gasteiger partial charge in [0, 0.05) is 55.1 Å². The van der Waals surface area contributed by atoms with Crippen molar-refractivity contribution in [2.45, 2.75) is 69.4 Å². The third kappa shape index (κ3) is 5.08. The van der Waals surface area contributed by atoms with Crippen molar-refractivity contribution in [3.05, 3.63) is 51.6 Å². The van der Waals surface area contributed by atoms with Crippen molar-refractivity contribution in [3.8, 4) is 17.2 Å². The normalized spacial score (nSPS) is 30.1. The molecule has 2 aromatic carbocycles. The highest BCUT2D eigenvalue weighted by Gasteiger charge is 2.50. The molecular formula is C31H36ClNO11. The molecule has 0 amide bonds. The lowest BCUT2D eigenvalue weighted by atomic mass is 9.72. The summed E-state index contributed by atoms with van der Waals surface area (Å²) in [6, 6.07) is 4.15. The molecule has 238 valence electrons. The van der Waals surface area contributed by atoms with E-state index in [0.717, 1.165) is 0 Å². The number of aliphatic hydroxyl groups is 2. The van der Waals surface area contributed by atoms with Gasteiger partial charge in [-0.3, -0.25) is 19.3 Å². The van der Waals surface area contributed by atoms with Gasteiger partial charge in [0.05, 0.1) is 55.3 Å². The number of benzene rings is 2. The summed E-state index contributed by atoms with van der Waals surface area (Å²) in [6.07, 6.45) is -4.07. The number of phenolic OH excluding ortho intramolecular Hbond substituents is 2. The van der Waals surface area contributed by atoms with Crippen LogP contribution < -0.4 is 4.74 Å². The SMILES string of the molecule is COc1cccc2c1C(=O)c1c(O)c3c(c(O)c1C2=O)C[C@@](O)(C(C)=O)C[C@@H]3OC1CC(N2CCOCC2)C(O)C(C)O1.Cl. The number of hydrogen-bond acceptors (Lipinski definition) is 12. The van der Waals surface area contributed by atoms with Crippen molar-refractivity contribution in [2.75, 3.05) is 33.4 Å². The van der Waals surface area contributed by atoms with E-state index in [1.165, 1.54) is 32.2 Å². The number of halogens is 1. The Bertz CT molecular complexity index is 1510. The van der Waals surface area contributed by atoms with Gasteiger partial charge in [-0.2, -0.15) is 0 Å². The molecule has 4 N–H and O–H groups in total. The summed E-state index contributed by atoms with van der Waals surface area (Å²) in [6.45, 7) is 5.18. The molecule has 4 aliphatic rings. The molecule has 12 nitrogen and oxygen atoms in total. The van der Waals surface area contributed by atoms with Gasteiger partial charge in [-0.25, -0.2) is 0 Å². The lowest BCUT2D eigenvalue weighted by Crippen LogP contribution is -2.58. The minimum atomic E-state index is -2.00. The van der Waals surface area contributed by atoms with Crippen LogP contribution in [0.3, 0.4) is 0 Å². The number of aromatic hydroxyl groups is 2. The Kier molecular flexibility index (Phi) is 8.82. The predicted molar refractivity (Wildman–Crippen MR) is 156 cm³/mol. The average Bonchev–Trinajstić information content (AvgIpc) is 2.99. The lowest BCUT2D eigenvalue weighted by molar-refractivity contribution is -0.260. The van der Waals surface area contributed by atoms with E-state index in [2.05, 4.69) is 4.90 Å². The quantitative estimate of drug-likeness (QED) is 0.301. The first-order valence-electron chi connectivity index (χ1n) is 14.4. The van der Waals surface area contributed by atoms with Crippen LogP contribution in [0.4, 0.5) is 0 Å². The van der Waals surface area contributed by atoms with Crippen LogP contribution in [-0.2, 0) is 25.4 Å². The second-order valence-electron chi connectivity index (χ2n) is 11.7. The van der Waals surface area contributed by atoms with Gasteiger partial charge in [-0.15, -0.1) is 12.4 Å². The molecule has 2 heterocycles. The number of Topliss-reactive ketones (excluding diaryl/α,β-unsaturated/α-hetero) is 1. The highest BCUT2D eigenvalue weighted by molar-refractivity contribution is 6.31. The third-order valence-corrected chi connectivity index (χ3v) is 9.24. The van der Waals surface area contributed by atoms with E-state index in [1.54, 1.807) is 6.92 Å². The van der Waals surface area contributed by atoms with E-state index in [4.69, 9.17) is 18.9 Å². The summed E-state index contributed by atoms with van der Waals surface area (Å²) in [5.41, 5.74) is -2.93. The number of phenols is 2. The van der Waals surface area contributed by atoms with Crippen LogP contribution in [0.5, 0.6) is 17.2 Å². The maximum atomic E-state index is 13.8. The minimum absolute atomic E-state index is 0. The van der Waals surface area contributed by atoms with Crippen LogP contribution in [0.1, 0.15) is 75.8 Å². The largest absolute Gasteiger partial charge is 0.507 e. The zero-order chi connectivity index (χ0) is 30.8. The Morgan fingerprint density at radius 3 is 2.41 bits per heavy atom. The molecule has 6 atom stereocenters. The fourth-order valence-corrected chi connectivity index (χ4v) is 6.87. The molecule has 13 heteroatoms. The maximum Gasteiger partial charge on any atom is 0.202 e. The molecule has 0 bridgehead atoms. The summed E-state index contributed by atoms with van der Waals surface area (Å²) in [5.74, 6) is -3.08. The molecule has 0 saturated carbocycles. The van der Waals surface area contributed by atoms with Crippen molar-refractivity contribution in [2.24, 2.45) is 0 Å². The first-order valence-corrected chi connectivity index (χ1v) is 14.4. The van der Waals surface area contributed by atoms with Gasteiger partial charge in [0.2, 0.25) is 5.78 Å². The van der Waals surface area contributed by atoms with Crippen LogP contribution >= 0.6 is 12.4 Å². The van der Waals surface area contributed by atoms with E-state index >= 15 is 0 Å². The van der Waals surface area contributed by atoms with E-state index in [9.17, 15) is 34.8 Å². The number of morpholine rings is 1. The van der Waals surface area contributed by atoms with Crippen molar-refractivity contribution in [3.63, 3.8) is 0 Å². The van der Waals surface area contributed by atoms with Crippen molar-refractivity contribution in [1.82, 2.24) is 4.90 Å². The summed E-state index contributed by atoms with van der Waals surface area (Å²) < 4.78 is 23.1.